The lowest BCUT2D eigenvalue weighted by Crippen LogP contribution is -2.43. The molecule has 1 fully saturated rings. The van der Waals surface area contributed by atoms with Crippen LogP contribution in [0.1, 0.15) is 18.4 Å². The van der Waals surface area contributed by atoms with Gasteiger partial charge < -0.3 is 19.9 Å². The number of carbonyl (C=O) groups is 1. The van der Waals surface area contributed by atoms with Crippen molar-refractivity contribution in [2.75, 3.05) is 19.6 Å². The van der Waals surface area contributed by atoms with Gasteiger partial charge in [-0.2, -0.15) is 0 Å². The number of aliphatic hydroxyl groups is 1. The lowest BCUT2D eigenvalue weighted by molar-refractivity contribution is -0.126. The molecule has 0 radical (unpaired) electrons. The van der Waals surface area contributed by atoms with Crippen molar-refractivity contribution in [3.05, 3.63) is 84.4 Å². The maximum Gasteiger partial charge on any atom is 0.223 e. The van der Waals surface area contributed by atoms with E-state index in [2.05, 4.69) is 63.3 Å². The number of β-amino-alcohol motifs (C(OH)–C–C–N with tert-alkyl or cyclic N) is 1. The molecular formula is C28H31N3O2. The van der Waals surface area contributed by atoms with Crippen molar-refractivity contribution in [3.63, 3.8) is 0 Å². The second-order valence-electron chi connectivity index (χ2n) is 9.08. The fourth-order valence-electron chi connectivity index (χ4n) is 5.07. The number of piperidine rings is 1. The van der Waals surface area contributed by atoms with Crippen molar-refractivity contribution >= 4 is 27.7 Å². The van der Waals surface area contributed by atoms with Crippen LogP contribution in [0.5, 0.6) is 0 Å². The van der Waals surface area contributed by atoms with E-state index in [1.807, 2.05) is 30.3 Å². The molecule has 2 N–H and O–H groups in total. The van der Waals surface area contributed by atoms with Crippen molar-refractivity contribution in [1.29, 1.82) is 0 Å². The highest BCUT2D eigenvalue weighted by molar-refractivity contribution is 6.07. The highest BCUT2D eigenvalue weighted by atomic mass is 16.3. The molecule has 5 heteroatoms. The average molecular weight is 442 g/mol. The zero-order valence-electron chi connectivity index (χ0n) is 18.9. The summed E-state index contributed by atoms with van der Waals surface area (Å²) in [5, 5.41) is 16.5. The molecule has 1 aliphatic rings. The third kappa shape index (κ3) is 4.80. The number of aliphatic hydroxyl groups excluding tert-OH is 1. The maximum atomic E-state index is 12.6. The van der Waals surface area contributed by atoms with E-state index in [0.717, 1.165) is 42.5 Å². The van der Waals surface area contributed by atoms with Crippen LogP contribution in [-0.4, -0.2) is 46.2 Å². The second kappa shape index (κ2) is 9.77. The number of benzene rings is 3. The van der Waals surface area contributed by atoms with Crippen LogP contribution < -0.4 is 5.32 Å². The molecule has 0 spiro atoms. The summed E-state index contributed by atoms with van der Waals surface area (Å²) in [4.78, 5) is 14.9. The Hall–Kier alpha value is -3.15. The Morgan fingerprint density at radius 2 is 1.42 bits per heavy atom. The Labute approximate surface area is 194 Å². The Kier molecular flexibility index (Phi) is 6.42. The molecule has 2 heterocycles. The molecule has 1 aromatic heterocycles. The van der Waals surface area contributed by atoms with Gasteiger partial charge in [-0.1, -0.05) is 66.7 Å². The molecule has 33 heavy (non-hydrogen) atoms. The third-order valence-electron chi connectivity index (χ3n) is 6.81. The van der Waals surface area contributed by atoms with Crippen LogP contribution in [0.2, 0.25) is 0 Å². The number of amides is 1. The molecular weight excluding hydrogens is 410 g/mol. The van der Waals surface area contributed by atoms with Crippen molar-refractivity contribution < 1.29 is 9.90 Å². The number of hydrogen-bond acceptors (Lipinski definition) is 3. The number of carbonyl (C=O) groups excluding carboxylic acids is 1. The van der Waals surface area contributed by atoms with Gasteiger partial charge in [0.05, 0.1) is 12.6 Å². The first-order valence-electron chi connectivity index (χ1n) is 11.9. The van der Waals surface area contributed by atoms with E-state index in [1.54, 1.807) is 0 Å². The first kappa shape index (κ1) is 21.7. The lowest BCUT2D eigenvalue weighted by atomic mass is 9.95. The van der Waals surface area contributed by atoms with Gasteiger partial charge in [0.1, 0.15) is 0 Å². The van der Waals surface area contributed by atoms with Crippen molar-refractivity contribution in [2.24, 2.45) is 5.92 Å². The summed E-state index contributed by atoms with van der Waals surface area (Å²) in [6.07, 6.45) is 1.21. The predicted octanol–water partition coefficient (Wildman–Crippen LogP) is 4.18. The zero-order valence-corrected chi connectivity index (χ0v) is 18.9. The molecule has 0 unspecified atom stereocenters. The number of hydrogen-bond donors (Lipinski definition) is 2. The number of likely N-dealkylation sites (tertiary alicyclic amines) is 1. The number of aromatic nitrogens is 1. The van der Waals surface area contributed by atoms with Gasteiger partial charge in [0.25, 0.3) is 0 Å². The number of fused-ring (bicyclic) bond motifs is 3. The van der Waals surface area contributed by atoms with Gasteiger partial charge in [0, 0.05) is 40.8 Å². The van der Waals surface area contributed by atoms with Crippen LogP contribution in [0, 0.1) is 5.92 Å². The molecule has 170 valence electrons. The molecule has 1 amide bonds. The van der Waals surface area contributed by atoms with Crippen LogP contribution in [0.25, 0.3) is 21.8 Å². The SMILES string of the molecule is O=C(NCc1ccccc1)C1CCN(C[C@@H](O)Cn2c3ccccc3c3ccccc32)CC1. The second-order valence-corrected chi connectivity index (χ2v) is 9.08. The standard InChI is InChI=1S/C28H31N3O2/c32-23(20-31-26-12-6-4-10-24(26)25-11-5-7-13-27(25)31)19-30-16-14-22(15-17-30)28(33)29-18-21-8-2-1-3-9-21/h1-13,22-23,32H,14-20H2,(H,29,33)/t23-/m1/s1. The quantitative estimate of drug-likeness (QED) is 0.452. The summed E-state index contributed by atoms with van der Waals surface area (Å²) in [6, 6.07) is 26.8. The largest absolute Gasteiger partial charge is 0.390 e. The van der Waals surface area contributed by atoms with E-state index in [9.17, 15) is 9.90 Å². The van der Waals surface area contributed by atoms with E-state index >= 15 is 0 Å². The average Bonchev–Trinajstić information content (AvgIpc) is 3.17. The molecule has 1 aliphatic heterocycles. The zero-order chi connectivity index (χ0) is 22.6. The Bertz CT molecular complexity index is 1170. The minimum Gasteiger partial charge on any atom is -0.390 e. The molecule has 0 bridgehead atoms. The highest BCUT2D eigenvalue weighted by Gasteiger charge is 2.26. The van der Waals surface area contributed by atoms with E-state index in [0.29, 0.717) is 19.6 Å². The van der Waals surface area contributed by atoms with Crippen LogP contribution in [0.4, 0.5) is 0 Å². The van der Waals surface area contributed by atoms with Gasteiger partial charge in [0.2, 0.25) is 5.91 Å². The Morgan fingerprint density at radius 3 is 2.06 bits per heavy atom. The van der Waals surface area contributed by atoms with Gasteiger partial charge in [-0.3, -0.25) is 4.79 Å². The lowest BCUT2D eigenvalue weighted by Gasteiger charge is -2.32. The van der Waals surface area contributed by atoms with Gasteiger partial charge in [-0.15, -0.1) is 0 Å². The van der Waals surface area contributed by atoms with Gasteiger partial charge in [-0.05, 0) is 43.6 Å². The van der Waals surface area contributed by atoms with E-state index in [-0.39, 0.29) is 11.8 Å². The Balaban J connectivity index is 1.16. The smallest absolute Gasteiger partial charge is 0.223 e. The molecule has 1 atom stereocenters. The minimum atomic E-state index is -0.465. The topological polar surface area (TPSA) is 57.5 Å². The van der Waals surface area contributed by atoms with Crippen LogP contribution in [-0.2, 0) is 17.9 Å². The van der Waals surface area contributed by atoms with Crippen molar-refractivity contribution in [1.82, 2.24) is 14.8 Å². The molecule has 1 saturated heterocycles. The minimum absolute atomic E-state index is 0.0550. The summed E-state index contributed by atoms with van der Waals surface area (Å²) >= 11 is 0. The van der Waals surface area contributed by atoms with E-state index < -0.39 is 6.10 Å². The summed E-state index contributed by atoms with van der Waals surface area (Å²) in [6.45, 7) is 3.45. The van der Waals surface area contributed by atoms with E-state index in [4.69, 9.17) is 0 Å². The first-order chi connectivity index (χ1) is 16.2. The third-order valence-corrected chi connectivity index (χ3v) is 6.81. The summed E-state index contributed by atoms with van der Waals surface area (Å²) in [5.41, 5.74) is 3.44. The Morgan fingerprint density at radius 1 is 0.848 bits per heavy atom. The summed E-state index contributed by atoms with van der Waals surface area (Å²) < 4.78 is 2.24. The molecule has 0 aliphatic carbocycles. The van der Waals surface area contributed by atoms with Gasteiger partial charge in [-0.25, -0.2) is 0 Å². The fraction of sp³-hybridized carbons (Fsp3) is 0.321. The summed E-state index contributed by atoms with van der Waals surface area (Å²) in [5.74, 6) is 0.198. The van der Waals surface area contributed by atoms with E-state index in [1.165, 1.54) is 10.8 Å². The van der Waals surface area contributed by atoms with Crippen molar-refractivity contribution in [3.8, 4) is 0 Å². The first-order valence-corrected chi connectivity index (χ1v) is 11.9. The van der Waals surface area contributed by atoms with Gasteiger partial charge in [0.15, 0.2) is 0 Å². The predicted molar refractivity (Wildman–Crippen MR) is 133 cm³/mol. The normalized spacial score (nSPS) is 16.3. The van der Waals surface area contributed by atoms with Crippen molar-refractivity contribution in [2.45, 2.75) is 32.0 Å². The molecule has 4 aromatic rings. The maximum absolute atomic E-state index is 12.6. The fourth-order valence-corrected chi connectivity index (χ4v) is 5.07. The molecule has 3 aromatic carbocycles. The van der Waals surface area contributed by atoms with Gasteiger partial charge >= 0.3 is 0 Å². The number of para-hydroxylation sites is 2. The van der Waals surface area contributed by atoms with Crippen LogP contribution in [0.3, 0.4) is 0 Å². The summed E-state index contributed by atoms with van der Waals surface area (Å²) in [7, 11) is 0. The number of rotatable bonds is 7. The monoisotopic (exact) mass is 441 g/mol. The molecule has 0 saturated carbocycles. The molecule has 5 nitrogen and oxygen atoms in total. The van der Waals surface area contributed by atoms with Crippen LogP contribution in [0.15, 0.2) is 78.9 Å². The molecule has 5 rings (SSSR count). The highest BCUT2D eigenvalue weighted by Crippen LogP contribution is 2.29. The van der Waals surface area contributed by atoms with Crippen LogP contribution >= 0.6 is 0 Å². The number of nitrogens with one attached hydrogen (secondary N) is 1. The number of nitrogens with zero attached hydrogens (tertiary/aromatic N) is 2.